The smallest absolute Gasteiger partial charge is 0.430 e. The first-order chi connectivity index (χ1) is 17.2. The van der Waals surface area contributed by atoms with Crippen molar-refractivity contribution in [3.63, 3.8) is 0 Å². The van der Waals surface area contributed by atoms with Crippen LogP contribution >= 0.6 is 0 Å². The molecule has 1 fully saturated rings. The first-order valence-electron chi connectivity index (χ1n) is 11.5. The van der Waals surface area contributed by atoms with Crippen LogP contribution in [0.4, 0.5) is 18.0 Å². The van der Waals surface area contributed by atoms with Gasteiger partial charge in [0.15, 0.2) is 0 Å². The number of rotatable bonds is 5. The zero-order chi connectivity index (χ0) is 27.3. The molecular weight excluding hydrogens is 519 g/mol. The summed E-state index contributed by atoms with van der Waals surface area (Å²) in [5.74, 6) is -2.29. The molecule has 2 aromatic rings. The van der Waals surface area contributed by atoms with Gasteiger partial charge in [-0.1, -0.05) is 39.3 Å². The average molecular weight is 544 g/mol. The molecule has 0 N–H and O–H groups in total. The molecule has 2 amide bonds. The number of carbonyl (C=O) groups excluding carboxylic acids is 3. The number of nitrogens with zero attached hydrogens (tertiary/aromatic N) is 1. The molecule has 37 heavy (non-hydrogen) atoms. The van der Waals surface area contributed by atoms with Gasteiger partial charge in [0.2, 0.25) is 0 Å². The van der Waals surface area contributed by atoms with Crippen molar-refractivity contribution in [2.24, 2.45) is 17.8 Å². The van der Waals surface area contributed by atoms with Gasteiger partial charge in [0.05, 0.1) is 11.1 Å². The lowest BCUT2D eigenvalue weighted by Crippen LogP contribution is -2.44. The molecule has 1 saturated carbocycles. The first kappa shape index (κ1) is 26.9. The number of alkyl halides is 3. The monoisotopic (exact) mass is 543 g/mol. The molecule has 3 unspecified atom stereocenters. The number of carbonyl (C=O) groups is 3. The van der Waals surface area contributed by atoms with Crippen LogP contribution < -0.4 is 4.74 Å². The minimum absolute atomic E-state index is 0.0449. The summed E-state index contributed by atoms with van der Waals surface area (Å²) in [6, 6.07) is 6.42. The predicted octanol–water partition coefficient (Wildman–Crippen LogP) is 5.19. The van der Waals surface area contributed by atoms with Gasteiger partial charge in [0.1, 0.15) is 11.9 Å². The fourth-order valence-corrected chi connectivity index (χ4v) is 5.24. The molecule has 13 heteroatoms. The van der Waals surface area contributed by atoms with Crippen LogP contribution in [0.5, 0.6) is 5.75 Å². The molecule has 0 spiro atoms. The third kappa shape index (κ3) is 5.14. The van der Waals surface area contributed by atoms with Gasteiger partial charge < -0.3 is 9.47 Å². The zero-order valence-electron chi connectivity index (χ0n) is 20.1. The van der Waals surface area contributed by atoms with E-state index in [1.165, 1.54) is 24.3 Å². The lowest BCUT2D eigenvalue weighted by Gasteiger charge is -2.36. The van der Waals surface area contributed by atoms with E-state index in [0.29, 0.717) is 12.3 Å². The SMILES string of the molecule is CC1CCC(C(C)C)C(OC(=O)Oc2cc3c4c(cccc4c2)C(=O)N(OS(=O)(=O)C(F)(F)F)C3=O)C1. The highest BCUT2D eigenvalue weighted by atomic mass is 32.2. The van der Waals surface area contributed by atoms with Gasteiger partial charge in [0.25, 0.3) is 11.8 Å². The first-order valence-corrected chi connectivity index (χ1v) is 12.9. The molecule has 200 valence electrons. The fraction of sp³-hybridized carbons (Fsp3) is 0.458. The summed E-state index contributed by atoms with van der Waals surface area (Å²) >= 11 is 0. The van der Waals surface area contributed by atoms with Crippen molar-refractivity contribution in [1.29, 1.82) is 0 Å². The molecule has 2 aliphatic rings. The van der Waals surface area contributed by atoms with Crippen LogP contribution in [0.25, 0.3) is 10.8 Å². The normalized spacial score (nSPS) is 22.5. The quantitative estimate of drug-likeness (QED) is 0.219. The molecule has 0 saturated heterocycles. The van der Waals surface area contributed by atoms with E-state index >= 15 is 0 Å². The summed E-state index contributed by atoms with van der Waals surface area (Å²) in [6.07, 6.45) is 1.15. The molecule has 1 aliphatic carbocycles. The Morgan fingerprint density at radius 1 is 1.08 bits per heavy atom. The van der Waals surface area contributed by atoms with Gasteiger partial charge >= 0.3 is 21.8 Å². The van der Waals surface area contributed by atoms with Crippen LogP contribution in [0, 0.1) is 17.8 Å². The standard InChI is InChI=1S/C24H24F3NO8S/c1-12(2)16-8-7-13(3)9-19(16)35-23(31)34-15-10-14-5-4-6-17-20(14)18(11-15)22(30)28(21(17)29)36-37(32,33)24(25,26)27/h4-6,10-13,16,19H,7-9H2,1-3H3. The number of imide groups is 1. The number of hydrogen-bond donors (Lipinski definition) is 0. The minimum atomic E-state index is -6.32. The lowest BCUT2D eigenvalue weighted by molar-refractivity contribution is -0.0761. The van der Waals surface area contributed by atoms with Crippen LogP contribution in [0.1, 0.15) is 60.7 Å². The maximum atomic E-state index is 12.9. The predicted molar refractivity (Wildman–Crippen MR) is 123 cm³/mol. The highest BCUT2D eigenvalue weighted by Crippen LogP contribution is 2.37. The Labute approximate surface area is 210 Å². The van der Waals surface area contributed by atoms with E-state index in [2.05, 4.69) is 11.2 Å². The summed E-state index contributed by atoms with van der Waals surface area (Å²) in [5, 5.41) is -0.175. The second kappa shape index (κ2) is 9.60. The highest BCUT2D eigenvalue weighted by molar-refractivity contribution is 7.87. The van der Waals surface area contributed by atoms with E-state index < -0.39 is 38.7 Å². The Hall–Kier alpha value is -3.19. The second-order valence-corrected chi connectivity index (χ2v) is 11.1. The Morgan fingerprint density at radius 3 is 2.41 bits per heavy atom. The van der Waals surface area contributed by atoms with Crippen molar-refractivity contribution in [1.82, 2.24) is 5.06 Å². The summed E-state index contributed by atoms with van der Waals surface area (Å²) in [5.41, 5.74) is -6.53. The topological polar surface area (TPSA) is 116 Å². The van der Waals surface area contributed by atoms with E-state index in [9.17, 15) is 36.0 Å². The van der Waals surface area contributed by atoms with Crippen LogP contribution in [-0.2, 0) is 19.1 Å². The van der Waals surface area contributed by atoms with Crippen LogP contribution in [0.2, 0.25) is 0 Å². The molecule has 0 bridgehead atoms. The fourth-order valence-electron chi connectivity index (χ4n) is 4.82. The van der Waals surface area contributed by atoms with Crippen molar-refractivity contribution in [3.05, 3.63) is 41.5 Å². The summed E-state index contributed by atoms with van der Waals surface area (Å²) < 4.78 is 76.2. The number of hydroxylamine groups is 2. The summed E-state index contributed by atoms with van der Waals surface area (Å²) in [4.78, 5) is 38.2. The summed E-state index contributed by atoms with van der Waals surface area (Å²) in [7, 11) is -6.32. The van der Waals surface area contributed by atoms with Crippen molar-refractivity contribution in [2.45, 2.75) is 51.6 Å². The van der Waals surface area contributed by atoms with Gasteiger partial charge in [-0.25, -0.2) is 4.79 Å². The van der Waals surface area contributed by atoms with Gasteiger partial charge in [0, 0.05) is 5.39 Å². The third-order valence-corrected chi connectivity index (χ3v) is 7.56. The van der Waals surface area contributed by atoms with Crippen LogP contribution in [-0.4, -0.2) is 43.1 Å². The zero-order valence-corrected chi connectivity index (χ0v) is 20.9. The molecule has 9 nitrogen and oxygen atoms in total. The number of benzene rings is 2. The van der Waals surface area contributed by atoms with Gasteiger partial charge in [-0.3, -0.25) is 9.59 Å². The lowest BCUT2D eigenvalue weighted by atomic mass is 9.75. The molecule has 0 radical (unpaired) electrons. The highest BCUT2D eigenvalue weighted by Gasteiger charge is 2.51. The summed E-state index contributed by atoms with van der Waals surface area (Å²) in [6.45, 7) is 6.13. The van der Waals surface area contributed by atoms with E-state index in [4.69, 9.17) is 9.47 Å². The van der Waals surface area contributed by atoms with Gasteiger partial charge in [-0.15, -0.1) is 9.35 Å². The van der Waals surface area contributed by atoms with E-state index in [1.807, 2.05) is 13.8 Å². The third-order valence-electron chi connectivity index (χ3n) is 6.65. The number of halogens is 3. The maximum absolute atomic E-state index is 12.9. The maximum Gasteiger partial charge on any atom is 0.525 e. The van der Waals surface area contributed by atoms with Crippen molar-refractivity contribution in [3.8, 4) is 5.75 Å². The van der Waals surface area contributed by atoms with Crippen LogP contribution in [0.3, 0.4) is 0 Å². The van der Waals surface area contributed by atoms with Crippen LogP contribution in [0.15, 0.2) is 30.3 Å². The second-order valence-electron chi connectivity index (χ2n) is 9.59. The molecule has 0 aromatic heterocycles. The Balaban J connectivity index is 1.64. The number of hydrogen-bond acceptors (Lipinski definition) is 8. The van der Waals surface area contributed by atoms with Crippen molar-refractivity contribution in [2.75, 3.05) is 0 Å². The van der Waals surface area contributed by atoms with E-state index in [0.717, 1.165) is 18.9 Å². The Bertz CT molecular complexity index is 1370. The molecule has 1 aliphatic heterocycles. The molecule has 2 aromatic carbocycles. The molecule has 3 atom stereocenters. The minimum Gasteiger partial charge on any atom is -0.430 e. The van der Waals surface area contributed by atoms with E-state index in [1.54, 1.807) is 0 Å². The number of amides is 2. The Morgan fingerprint density at radius 2 is 1.76 bits per heavy atom. The van der Waals surface area contributed by atoms with Crippen molar-refractivity contribution < 1.29 is 49.7 Å². The largest absolute Gasteiger partial charge is 0.525 e. The van der Waals surface area contributed by atoms with Gasteiger partial charge in [-0.2, -0.15) is 21.6 Å². The average Bonchev–Trinajstić information content (AvgIpc) is 2.79. The van der Waals surface area contributed by atoms with Gasteiger partial charge in [-0.05, 0) is 54.2 Å². The molecule has 1 heterocycles. The van der Waals surface area contributed by atoms with E-state index in [-0.39, 0.29) is 45.6 Å². The molecular formula is C24H24F3NO8S. The van der Waals surface area contributed by atoms with Crippen molar-refractivity contribution >= 4 is 38.9 Å². The Kier molecular flexibility index (Phi) is 6.97. The number of ether oxygens (including phenoxy) is 2. The molecule has 4 rings (SSSR count).